The molecule has 2 nitrogen and oxygen atoms in total. The van der Waals surface area contributed by atoms with Crippen molar-refractivity contribution in [2.75, 3.05) is 0 Å². The van der Waals surface area contributed by atoms with Crippen molar-refractivity contribution in [1.82, 2.24) is 0 Å². The van der Waals surface area contributed by atoms with E-state index in [9.17, 15) is 0 Å². The summed E-state index contributed by atoms with van der Waals surface area (Å²) in [6.07, 6.45) is 50.8. The highest BCUT2D eigenvalue weighted by molar-refractivity contribution is 5.61. The summed E-state index contributed by atoms with van der Waals surface area (Å²) in [6.45, 7) is 8.68. The van der Waals surface area contributed by atoms with E-state index >= 15 is 0 Å². The Labute approximate surface area is 306 Å². The molecule has 0 bridgehead atoms. The molecule has 0 amide bonds. The minimum Gasteiger partial charge on any atom is -0.467 e. The van der Waals surface area contributed by atoms with Crippen molar-refractivity contribution in [3.8, 4) is 0 Å². The van der Waals surface area contributed by atoms with Crippen LogP contribution in [0.3, 0.4) is 0 Å². The number of aryl methyl sites for hydroxylation is 2. The van der Waals surface area contributed by atoms with Gasteiger partial charge >= 0.3 is 11.5 Å². The number of rotatable bonds is 33. The van der Waals surface area contributed by atoms with Crippen LogP contribution in [0.15, 0.2) is 45.8 Å². The molecule has 0 aliphatic carbocycles. The van der Waals surface area contributed by atoms with E-state index in [4.69, 9.17) is 9.15 Å². The molecule has 2 rings (SSSR count). The van der Waals surface area contributed by atoms with E-state index in [2.05, 4.69) is 44.2 Å². The molecule has 280 valence electrons. The van der Waals surface area contributed by atoms with Crippen molar-refractivity contribution >= 4 is 6.08 Å². The lowest BCUT2D eigenvalue weighted by Gasteiger charge is -2.12. The number of hydrogen-bond acceptors (Lipinski definition) is 1. The van der Waals surface area contributed by atoms with Crippen LogP contribution in [0.2, 0.25) is 0 Å². The first-order valence-electron chi connectivity index (χ1n) is 21.8. The second-order valence-corrected chi connectivity index (χ2v) is 15.5. The van der Waals surface area contributed by atoms with Gasteiger partial charge in [0.15, 0.2) is 0 Å². The number of hydrogen-bond donors (Lipinski definition) is 0. The van der Waals surface area contributed by atoms with Gasteiger partial charge in [-0.3, -0.25) is 0 Å². The Bertz CT molecular complexity index is 943. The molecule has 1 aromatic heterocycles. The number of ether oxygens (including phenoxy) is 1. The van der Waals surface area contributed by atoms with Crippen molar-refractivity contribution < 1.29 is 9.15 Å². The van der Waals surface area contributed by atoms with Crippen LogP contribution in [0.4, 0.5) is 0 Å². The maximum atomic E-state index is 6.50. The van der Waals surface area contributed by atoms with Gasteiger partial charge < -0.3 is 4.74 Å². The molecule has 0 N–H and O–H groups in total. The molecule has 0 saturated carbocycles. The molecule has 0 atom stereocenters. The van der Waals surface area contributed by atoms with Crippen LogP contribution in [0.1, 0.15) is 237 Å². The molecular weight excluding hydrogens is 597 g/mol. The fraction of sp³-hybridized carbons (Fsp3) is 0.766. The maximum absolute atomic E-state index is 6.50. The highest BCUT2D eigenvalue weighted by atomic mass is 16.5. The standard InChI is InChI=1S/C47H81O2/c1-5-7-9-11-13-15-17-19-21-23-25-27-29-31-33-35-46-40-45(39-44-37-42(3)48-43(4)38-44)41-47(49-46)36-34-32-30-28-26-24-22-20-18-16-14-12-10-8-6-2/h37-41H,5-36H2,1-4H3/q+1. The molecule has 2 heterocycles. The highest BCUT2D eigenvalue weighted by Crippen LogP contribution is 2.24. The zero-order valence-electron chi connectivity index (χ0n) is 33.3. The Balaban J connectivity index is 1.65. The van der Waals surface area contributed by atoms with E-state index in [1.165, 1.54) is 204 Å². The summed E-state index contributed by atoms with van der Waals surface area (Å²) in [6, 6.07) is 4.57. The second kappa shape index (κ2) is 30.9. The molecule has 0 fully saturated rings. The van der Waals surface area contributed by atoms with Crippen molar-refractivity contribution in [2.24, 2.45) is 0 Å². The van der Waals surface area contributed by atoms with Crippen molar-refractivity contribution in [3.63, 3.8) is 0 Å². The van der Waals surface area contributed by atoms with E-state index in [1.54, 1.807) is 0 Å². The van der Waals surface area contributed by atoms with Gasteiger partial charge in [0, 0.05) is 12.1 Å². The van der Waals surface area contributed by atoms with Crippen LogP contribution in [-0.2, 0) is 17.6 Å². The molecular formula is C47H81O2+. The van der Waals surface area contributed by atoms with Gasteiger partial charge in [0.05, 0.1) is 12.8 Å². The van der Waals surface area contributed by atoms with Crippen molar-refractivity contribution in [3.05, 3.63) is 58.5 Å². The van der Waals surface area contributed by atoms with Gasteiger partial charge in [-0.2, -0.15) is 0 Å². The van der Waals surface area contributed by atoms with Crippen LogP contribution in [0.5, 0.6) is 0 Å². The van der Waals surface area contributed by atoms with Crippen LogP contribution in [0.25, 0.3) is 6.08 Å². The minimum absolute atomic E-state index is 0.961. The van der Waals surface area contributed by atoms with Gasteiger partial charge in [-0.15, -0.1) is 0 Å². The maximum Gasteiger partial charge on any atom is 0.330 e. The van der Waals surface area contributed by atoms with Gasteiger partial charge in [0.2, 0.25) is 0 Å². The fourth-order valence-corrected chi connectivity index (χ4v) is 7.41. The molecule has 1 aliphatic heterocycles. The van der Waals surface area contributed by atoms with Crippen LogP contribution < -0.4 is 0 Å². The van der Waals surface area contributed by atoms with E-state index in [0.29, 0.717) is 0 Å². The van der Waals surface area contributed by atoms with E-state index in [1.807, 2.05) is 13.8 Å². The zero-order chi connectivity index (χ0) is 35.0. The average Bonchev–Trinajstić information content (AvgIpc) is 3.07. The summed E-state index contributed by atoms with van der Waals surface area (Å²) in [5.74, 6) is 4.24. The fourth-order valence-electron chi connectivity index (χ4n) is 7.41. The molecule has 1 aliphatic rings. The Morgan fingerprint density at radius 2 is 0.714 bits per heavy atom. The quantitative estimate of drug-likeness (QED) is 0.0545. The van der Waals surface area contributed by atoms with Gasteiger partial charge in [-0.1, -0.05) is 194 Å². The smallest absolute Gasteiger partial charge is 0.330 e. The monoisotopic (exact) mass is 678 g/mol. The Kier molecular flexibility index (Phi) is 27.4. The van der Waals surface area contributed by atoms with Gasteiger partial charge in [0.1, 0.15) is 11.5 Å². The summed E-state index contributed by atoms with van der Waals surface area (Å²) in [5, 5.41) is 0. The first-order chi connectivity index (χ1) is 24.1. The van der Waals surface area contributed by atoms with Crippen LogP contribution in [0, 0.1) is 0 Å². The lowest BCUT2D eigenvalue weighted by molar-refractivity contribution is 0.304. The van der Waals surface area contributed by atoms with E-state index < -0.39 is 0 Å². The predicted molar refractivity (Wildman–Crippen MR) is 217 cm³/mol. The minimum atomic E-state index is 0.961. The second-order valence-electron chi connectivity index (χ2n) is 15.5. The molecule has 0 saturated heterocycles. The zero-order valence-corrected chi connectivity index (χ0v) is 33.3. The molecule has 2 heteroatoms. The summed E-state index contributed by atoms with van der Waals surface area (Å²) in [4.78, 5) is 0. The third-order valence-electron chi connectivity index (χ3n) is 10.4. The van der Waals surface area contributed by atoms with Crippen molar-refractivity contribution in [1.29, 1.82) is 0 Å². The topological polar surface area (TPSA) is 20.5 Å². The van der Waals surface area contributed by atoms with Gasteiger partial charge in [-0.05, 0) is 56.1 Å². The summed E-state index contributed by atoms with van der Waals surface area (Å²) in [7, 11) is 0. The highest BCUT2D eigenvalue weighted by Gasteiger charge is 2.16. The Morgan fingerprint density at radius 3 is 1.02 bits per heavy atom. The molecule has 49 heavy (non-hydrogen) atoms. The third-order valence-corrected chi connectivity index (χ3v) is 10.4. The summed E-state index contributed by atoms with van der Waals surface area (Å²) >= 11 is 0. The van der Waals surface area contributed by atoms with Crippen LogP contribution in [-0.4, -0.2) is 0 Å². The predicted octanol–water partition coefficient (Wildman–Crippen LogP) is 16.6. The largest absolute Gasteiger partial charge is 0.467 e. The van der Waals surface area contributed by atoms with Gasteiger partial charge in [0.25, 0.3) is 0 Å². The normalized spacial score (nSPS) is 13.0. The molecule has 0 spiro atoms. The Hall–Kier alpha value is -1.83. The summed E-state index contributed by atoms with van der Waals surface area (Å²) in [5.41, 5.74) is 2.48. The first kappa shape index (κ1) is 43.3. The molecule has 1 aromatic rings. The van der Waals surface area contributed by atoms with Gasteiger partial charge in [-0.25, -0.2) is 4.42 Å². The lowest BCUT2D eigenvalue weighted by atomic mass is 10.0. The molecule has 0 radical (unpaired) electrons. The first-order valence-corrected chi connectivity index (χ1v) is 21.8. The van der Waals surface area contributed by atoms with Crippen LogP contribution >= 0.6 is 0 Å². The summed E-state index contributed by atoms with van der Waals surface area (Å²) < 4.78 is 12.2. The number of allylic oxidation sites excluding steroid dienone is 5. The van der Waals surface area contributed by atoms with E-state index in [0.717, 1.165) is 35.9 Å². The lowest BCUT2D eigenvalue weighted by Crippen LogP contribution is -1.96. The third kappa shape index (κ3) is 24.9. The number of unbranched alkanes of at least 4 members (excludes halogenated alkanes) is 28. The van der Waals surface area contributed by atoms with E-state index in [-0.39, 0.29) is 0 Å². The Morgan fingerprint density at radius 1 is 0.429 bits per heavy atom. The SMILES string of the molecule is CCCCCCCCCCCCCCCCCc1cc(C=C2C=C(C)OC(C)=C2)cc(CCCCCCCCCCCCCCCCC)[o+]1. The average molecular weight is 678 g/mol. The molecule has 0 aromatic carbocycles. The molecule has 0 unspecified atom stereocenters. The van der Waals surface area contributed by atoms with Crippen molar-refractivity contribution in [2.45, 2.75) is 233 Å².